The van der Waals surface area contributed by atoms with Crippen LogP contribution in [-0.2, 0) is 0 Å². The highest BCUT2D eigenvalue weighted by Crippen LogP contribution is 2.16. The van der Waals surface area contributed by atoms with E-state index in [1.807, 2.05) is 36.4 Å². The van der Waals surface area contributed by atoms with Crippen LogP contribution in [-0.4, -0.2) is 24.9 Å². The molecule has 2 N–H and O–H groups in total. The van der Waals surface area contributed by atoms with E-state index in [4.69, 9.17) is 0 Å². The molecule has 2 rings (SSSR count). The summed E-state index contributed by atoms with van der Waals surface area (Å²) in [6, 6.07) is 14.8. The number of rotatable bonds is 9. The molecule has 0 saturated carbocycles. The molecule has 0 saturated heterocycles. The fraction of sp³-hybridized carbons (Fsp3) is 0.300. The summed E-state index contributed by atoms with van der Waals surface area (Å²) in [4.78, 5) is 24.1. The fourth-order valence-electron chi connectivity index (χ4n) is 2.49. The number of hydrogen-bond donors (Lipinski definition) is 2. The van der Waals surface area contributed by atoms with Crippen LogP contribution >= 0.6 is 31.9 Å². The summed E-state index contributed by atoms with van der Waals surface area (Å²) < 4.78 is 1.61. The van der Waals surface area contributed by atoms with Crippen LogP contribution in [0, 0.1) is 0 Å². The summed E-state index contributed by atoms with van der Waals surface area (Å²) in [7, 11) is 0. The first-order chi connectivity index (χ1) is 12.6. The minimum absolute atomic E-state index is 0.0572. The number of unbranched alkanes of at least 4 members (excludes halogenated alkanes) is 3. The molecule has 26 heavy (non-hydrogen) atoms. The summed E-state index contributed by atoms with van der Waals surface area (Å²) in [5.41, 5.74) is 1.31. The van der Waals surface area contributed by atoms with Gasteiger partial charge in [0.2, 0.25) is 0 Å². The molecular weight excluding hydrogens is 460 g/mol. The van der Waals surface area contributed by atoms with Crippen LogP contribution in [0.4, 0.5) is 0 Å². The van der Waals surface area contributed by atoms with E-state index in [-0.39, 0.29) is 11.8 Å². The van der Waals surface area contributed by atoms with Crippen molar-refractivity contribution in [2.45, 2.75) is 25.7 Å². The molecule has 0 radical (unpaired) electrons. The van der Waals surface area contributed by atoms with Crippen molar-refractivity contribution in [2.24, 2.45) is 0 Å². The fourth-order valence-corrected chi connectivity index (χ4v) is 3.42. The molecule has 2 aromatic rings. The number of hydrogen-bond acceptors (Lipinski definition) is 2. The predicted octanol–water partition coefficient (Wildman–Crippen LogP) is 4.93. The van der Waals surface area contributed by atoms with Crippen LogP contribution in [0.2, 0.25) is 0 Å². The number of nitrogens with one attached hydrogen (secondary N) is 2. The van der Waals surface area contributed by atoms with Gasteiger partial charge in [-0.25, -0.2) is 0 Å². The molecule has 2 aromatic carbocycles. The summed E-state index contributed by atoms with van der Waals surface area (Å²) >= 11 is 6.77. The smallest absolute Gasteiger partial charge is 0.252 e. The van der Waals surface area contributed by atoms with E-state index in [0.29, 0.717) is 24.2 Å². The lowest BCUT2D eigenvalue weighted by atomic mass is 10.1. The topological polar surface area (TPSA) is 58.2 Å². The minimum Gasteiger partial charge on any atom is -0.352 e. The molecule has 0 bridgehead atoms. The van der Waals surface area contributed by atoms with E-state index in [9.17, 15) is 9.59 Å². The number of carbonyl (C=O) groups is 2. The van der Waals surface area contributed by atoms with Crippen LogP contribution in [0.15, 0.2) is 57.5 Å². The van der Waals surface area contributed by atoms with E-state index in [1.165, 1.54) is 0 Å². The van der Waals surface area contributed by atoms with Gasteiger partial charge in [0.25, 0.3) is 11.8 Å². The molecule has 2 amide bonds. The normalized spacial score (nSPS) is 10.4. The highest BCUT2D eigenvalue weighted by Gasteiger charge is 2.09. The van der Waals surface area contributed by atoms with Gasteiger partial charge in [-0.3, -0.25) is 9.59 Å². The lowest BCUT2D eigenvalue weighted by Crippen LogP contribution is -2.25. The maximum Gasteiger partial charge on any atom is 0.252 e. The quantitative estimate of drug-likeness (QED) is 0.498. The van der Waals surface area contributed by atoms with Gasteiger partial charge in [0, 0.05) is 22.0 Å². The van der Waals surface area contributed by atoms with E-state index in [1.54, 1.807) is 12.1 Å². The first-order valence-electron chi connectivity index (χ1n) is 8.65. The van der Waals surface area contributed by atoms with Crippen LogP contribution in [0.5, 0.6) is 0 Å². The Balaban J connectivity index is 1.55. The molecule has 0 atom stereocenters. The summed E-state index contributed by atoms with van der Waals surface area (Å²) in [6.45, 7) is 1.31. The maximum atomic E-state index is 12.0. The van der Waals surface area contributed by atoms with Crippen molar-refractivity contribution in [1.82, 2.24) is 10.6 Å². The van der Waals surface area contributed by atoms with Gasteiger partial charge >= 0.3 is 0 Å². The zero-order valence-corrected chi connectivity index (χ0v) is 17.6. The van der Waals surface area contributed by atoms with Gasteiger partial charge in [-0.05, 0) is 69.0 Å². The molecule has 6 heteroatoms. The monoisotopic (exact) mass is 480 g/mol. The SMILES string of the molecule is O=C(NCCCCCCNC(=O)c1ccccc1Br)c1ccccc1Br. The highest BCUT2D eigenvalue weighted by molar-refractivity contribution is 9.10. The minimum atomic E-state index is -0.0572. The Labute approximate surface area is 171 Å². The van der Waals surface area contributed by atoms with Crippen LogP contribution in [0.3, 0.4) is 0 Å². The predicted molar refractivity (Wildman–Crippen MR) is 111 cm³/mol. The Hall–Kier alpha value is -1.66. The molecule has 0 aliphatic carbocycles. The van der Waals surface area contributed by atoms with Crippen molar-refractivity contribution in [3.63, 3.8) is 0 Å². The third-order valence-corrected chi connectivity index (χ3v) is 5.29. The second-order valence-corrected chi connectivity index (χ2v) is 7.59. The molecular formula is C20H22Br2N2O2. The third-order valence-electron chi connectivity index (χ3n) is 3.91. The third kappa shape index (κ3) is 6.57. The van der Waals surface area contributed by atoms with E-state index in [0.717, 1.165) is 34.6 Å². The van der Waals surface area contributed by atoms with Crippen molar-refractivity contribution in [3.8, 4) is 0 Å². The molecule has 0 spiro atoms. The molecule has 0 aromatic heterocycles. The van der Waals surface area contributed by atoms with Crippen LogP contribution < -0.4 is 10.6 Å². The van der Waals surface area contributed by atoms with Gasteiger partial charge in [0.1, 0.15) is 0 Å². The van der Waals surface area contributed by atoms with Gasteiger partial charge in [0.05, 0.1) is 11.1 Å². The molecule has 0 unspecified atom stereocenters. The molecule has 138 valence electrons. The maximum absolute atomic E-state index is 12.0. The van der Waals surface area contributed by atoms with Gasteiger partial charge < -0.3 is 10.6 Å². The largest absolute Gasteiger partial charge is 0.352 e. The standard InChI is InChI=1S/C20H22Br2N2O2/c21-17-11-5-3-9-15(17)19(25)23-13-7-1-2-8-14-24-20(26)16-10-4-6-12-18(16)22/h3-6,9-12H,1-2,7-8,13-14H2,(H,23,25)(H,24,26). The lowest BCUT2D eigenvalue weighted by Gasteiger charge is -2.08. The van der Waals surface area contributed by atoms with Crippen LogP contribution in [0.1, 0.15) is 46.4 Å². The Bertz CT molecular complexity index is 687. The average Bonchev–Trinajstić information content (AvgIpc) is 2.64. The van der Waals surface area contributed by atoms with Crippen molar-refractivity contribution in [3.05, 3.63) is 68.6 Å². The van der Waals surface area contributed by atoms with Crippen molar-refractivity contribution >= 4 is 43.7 Å². The number of amides is 2. The molecule has 0 aliphatic rings. The second kappa shape index (κ2) is 11.1. The first kappa shape index (κ1) is 20.6. The zero-order valence-electron chi connectivity index (χ0n) is 14.4. The number of benzene rings is 2. The Morgan fingerprint density at radius 1 is 0.654 bits per heavy atom. The number of halogens is 2. The van der Waals surface area contributed by atoms with Crippen LogP contribution in [0.25, 0.3) is 0 Å². The molecule has 0 aliphatic heterocycles. The van der Waals surface area contributed by atoms with E-state index >= 15 is 0 Å². The van der Waals surface area contributed by atoms with E-state index in [2.05, 4.69) is 42.5 Å². The molecule has 0 fully saturated rings. The lowest BCUT2D eigenvalue weighted by molar-refractivity contribution is 0.0942. The van der Waals surface area contributed by atoms with Gasteiger partial charge in [-0.15, -0.1) is 0 Å². The molecule has 4 nitrogen and oxygen atoms in total. The zero-order chi connectivity index (χ0) is 18.8. The summed E-state index contributed by atoms with van der Waals surface area (Å²) in [6.07, 6.45) is 3.88. The van der Waals surface area contributed by atoms with Crippen molar-refractivity contribution in [2.75, 3.05) is 13.1 Å². The highest BCUT2D eigenvalue weighted by atomic mass is 79.9. The Kier molecular flexibility index (Phi) is 8.85. The summed E-state index contributed by atoms with van der Waals surface area (Å²) in [5, 5.41) is 5.87. The van der Waals surface area contributed by atoms with Crippen molar-refractivity contribution in [1.29, 1.82) is 0 Å². The van der Waals surface area contributed by atoms with Gasteiger partial charge in [-0.1, -0.05) is 37.1 Å². The van der Waals surface area contributed by atoms with Gasteiger partial charge in [0.15, 0.2) is 0 Å². The van der Waals surface area contributed by atoms with Crippen molar-refractivity contribution < 1.29 is 9.59 Å². The second-order valence-electron chi connectivity index (χ2n) is 5.89. The summed E-state index contributed by atoms with van der Waals surface area (Å²) in [5.74, 6) is -0.114. The Morgan fingerprint density at radius 3 is 1.42 bits per heavy atom. The first-order valence-corrected chi connectivity index (χ1v) is 10.2. The van der Waals surface area contributed by atoms with Gasteiger partial charge in [-0.2, -0.15) is 0 Å². The average molecular weight is 482 g/mol. The Morgan fingerprint density at radius 2 is 1.04 bits per heavy atom. The molecule has 0 heterocycles. The van der Waals surface area contributed by atoms with E-state index < -0.39 is 0 Å². The number of carbonyl (C=O) groups excluding carboxylic acids is 2.